The van der Waals surface area contributed by atoms with E-state index >= 15 is 0 Å². The summed E-state index contributed by atoms with van der Waals surface area (Å²) in [6.45, 7) is 3.76. The van der Waals surface area contributed by atoms with Crippen molar-refractivity contribution >= 4 is 34.4 Å². The number of hydrogen-bond acceptors (Lipinski definition) is 6. The summed E-state index contributed by atoms with van der Waals surface area (Å²) in [5.74, 6) is 0. The van der Waals surface area contributed by atoms with Crippen LogP contribution >= 0.6 is 23.3 Å². The highest BCUT2D eigenvalue weighted by molar-refractivity contribution is 7.00. The monoisotopic (exact) mass is 308 g/mol. The van der Waals surface area contributed by atoms with Gasteiger partial charge in [-0.3, -0.25) is 0 Å². The van der Waals surface area contributed by atoms with E-state index in [2.05, 4.69) is 31.3 Å². The van der Waals surface area contributed by atoms with E-state index in [4.69, 9.17) is 11.6 Å². The fourth-order valence-electron chi connectivity index (χ4n) is 1.97. The highest BCUT2D eigenvalue weighted by Gasteiger charge is 2.15. The normalized spacial score (nSPS) is 11.3. The Kier molecular flexibility index (Phi) is 3.90. The van der Waals surface area contributed by atoms with E-state index in [0.717, 1.165) is 47.1 Å². The molecular formula is C12H13ClN6S. The topological polar surface area (TPSA) is 68.5 Å². The molecule has 8 heteroatoms. The molecule has 0 saturated carbocycles. The van der Waals surface area contributed by atoms with Crippen molar-refractivity contribution in [2.75, 3.05) is 6.54 Å². The number of benzene rings is 1. The lowest BCUT2D eigenvalue weighted by atomic mass is 10.2. The summed E-state index contributed by atoms with van der Waals surface area (Å²) in [4.78, 5) is 0. The van der Waals surface area contributed by atoms with Crippen LogP contribution in [-0.2, 0) is 6.54 Å². The van der Waals surface area contributed by atoms with Crippen LogP contribution in [0.1, 0.15) is 19.0 Å². The van der Waals surface area contributed by atoms with Crippen LogP contribution in [0.2, 0.25) is 5.02 Å². The van der Waals surface area contributed by atoms with Gasteiger partial charge in [0.25, 0.3) is 0 Å². The van der Waals surface area contributed by atoms with Crippen LogP contribution in [0.4, 0.5) is 0 Å². The highest BCUT2D eigenvalue weighted by atomic mass is 35.5. The predicted molar refractivity (Wildman–Crippen MR) is 79.3 cm³/mol. The van der Waals surface area contributed by atoms with E-state index in [0.29, 0.717) is 11.6 Å². The van der Waals surface area contributed by atoms with Gasteiger partial charge in [0.15, 0.2) is 0 Å². The van der Waals surface area contributed by atoms with Gasteiger partial charge in [-0.2, -0.15) is 8.75 Å². The third-order valence-corrected chi connectivity index (χ3v) is 3.76. The van der Waals surface area contributed by atoms with E-state index in [-0.39, 0.29) is 0 Å². The molecule has 6 nitrogen and oxygen atoms in total. The molecule has 0 radical (unpaired) electrons. The summed E-state index contributed by atoms with van der Waals surface area (Å²) in [5.41, 5.74) is 3.26. The van der Waals surface area contributed by atoms with Gasteiger partial charge in [0, 0.05) is 6.54 Å². The number of rotatable bonds is 5. The lowest BCUT2D eigenvalue weighted by Gasteiger charge is -2.09. The molecule has 1 aromatic carbocycles. The lowest BCUT2D eigenvalue weighted by molar-refractivity contribution is 0.642. The maximum absolute atomic E-state index is 6.31. The maximum Gasteiger partial charge on any atom is 0.132 e. The highest BCUT2D eigenvalue weighted by Crippen LogP contribution is 2.28. The first kappa shape index (κ1) is 13.4. The lowest BCUT2D eigenvalue weighted by Crippen LogP contribution is -2.17. The summed E-state index contributed by atoms with van der Waals surface area (Å²) >= 11 is 7.48. The molecule has 3 aromatic rings. The molecule has 0 unspecified atom stereocenters. The van der Waals surface area contributed by atoms with Gasteiger partial charge >= 0.3 is 0 Å². The molecule has 0 aliphatic carbocycles. The van der Waals surface area contributed by atoms with Crippen LogP contribution in [0, 0.1) is 0 Å². The first-order valence-corrected chi connectivity index (χ1v) is 7.43. The Morgan fingerprint density at radius 1 is 1.35 bits per heavy atom. The minimum Gasteiger partial charge on any atom is -0.311 e. The van der Waals surface area contributed by atoms with Crippen molar-refractivity contribution in [3.05, 3.63) is 29.0 Å². The molecule has 0 saturated heterocycles. The second-order valence-electron chi connectivity index (χ2n) is 4.34. The molecule has 1 N–H and O–H groups in total. The third-order valence-electron chi connectivity index (χ3n) is 2.92. The van der Waals surface area contributed by atoms with Crippen molar-refractivity contribution in [2.45, 2.75) is 19.9 Å². The van der Waals surface area contributed by atoms with Crippen LogP contribution in [0.3, 0.4) is 0 Å². The van der Waals surface area contributed by atoms with E-state index in [1.807, 2.05) is 12.1 Å². The van der Waals surface area contributed by atoms with Gasteiger partial charge < -0.3 is 5.32 Å². The molecule has 0 atom stereocenters. The summed E-state index contributed by atoms with van der Waals surface area (Å²) in [6.07, 6.45) is 2.81. The van der Waals surface area contributed by atoms with E-state index < -0.39 is 0 Å². The minimum absolute atomic E-state index is 0.590. The van der Waals surface area contributed by atoms with Crippen molar-refractivity contribution < 1.29 is 0 Å². The summed E-state index contributed by atoms with van der Waals surface area (Å²) in [5, 5.41) is 12.0. The van der Waals surface area contributed by atoms with Gasteiger partial charge in [0.1, 0.15) is 16.7 Å². The first-order valence-electron chi connectivity index (χ1n) is 6.32. The summed E-state index contributed by atoms with van der Waals surface area (Å²) < 4.78 is 10.3. The molecule has 104 valence electrons. The quantitative estimate of drug-likeness (QED) is 0.733. The zero-order chi connectivity index (χ0) is 13.9. The van der Waals surface area contributed by atoms with Crippen LogP contribution in [-0.4, -0.2) is 30.3 Å². The SMILES string of the molecule is CCCNCc1cnnn1-c1c(Cl)ccc2nsnc12. The van der Waals surface area contributed by atoms with E-state index in [1.54, 1.807) is 10.9 Å². The standard InChI is InChI=1S/C12H13ClN6S/c1-2-5-14-6-8-7-15-18-19(8)12-9(13)3-4-10-11(12)17-20-16-10/h3-4,7,14H,2,5-6H2,1H3. The minimum atomic E-state index is 0.590. The van der Waals surface area contributed by atoms with Crippen LogP contribution in [0.5, 0.6) is 0 Å². The fraction of sp³-hybridized carbons (Fsp3) is 0.333. The van der Waals surface area contributed by atoms with E-state index in [1.165, 1.54) is 0 Å². The largest absolute Gasteiger partial charge is 0.311 e. The van der Waals surface area contributed by atoms with Crippen LogP contribution in [0.15, 0.2) is 18.3 Å². The number of fused-ring (bicyclic) bond motifs is 1. The number of aromatic nitrogens is 5. The Labute approximate surface area is 125 Å². The van der Waals surface area contributed by atoms with Gasteiger partial charge in [-0.1, -0.05) is 23.7 Å². The Balaban J connectivity index is 2.05. The number of nitrogens with zero attached hydrogens (tertiary/aromatic N) is 5. The third kappa shape index (κ3) is 2.39. The molecular weight excluding hydrogens is 296 g/mol. The molecule has 0 fully saturated rings. The molecule has 0 aliphatic rings. The van der Waals surface area contributed by atoms with Gasteiger partial charge in [-0.05, 0) is 25.1 Å². The smallest absolute Gasteiger partial charge is 0.132 e. The Morgan fingerprint density at radius 3 is 3.10 bits per heavy atom. The molecule has 0 aliphatic heterocycles. The van der Waals surface area contributed by atoms with E-state index in [9.17, 15) is 0 Å². The molecule has 3 rings (SSSR count). The number of hydrogen-bond donors (Lipinski definition) is 1. The van der Waals surface area contributed by atoms with Crippen LogP contribution < -0.4 is 5.32 Å². The van der Waals surface area contributed by atoms with Crippen molar-refractivity contribution in [2.24, 2.45) is 0 Å². The number of nitrogens with one attached hydrogen (secondary N) is 1. The second kappa shape index (κ2) is 5.82. The maximum atomic E-state index is 6.31. The van der Waals surface area contributed by atoms with Crippen molar-refractivity contribution in [1.29, 1.82) is 0 Å². The second-order valence-corrected chi connectivity index (χ2v) is 5.28. The summed E-state index contributed by atoms with van der Waals surface area (Å²) in [6, 6.07) is 3.67. The van der Waals surface area contributed by atoms with Gasteiger partial charge in [-0.25, -0.2) is 4.68 Å². The van der Waals surface area contributed by atoms with Crippen molar-refractivity contribution in [3.63, 3.8) is 0 Å². The van der Waals surface area contributed by atoms with Gasteiger partial charge in [0.05, 0.1) is 28.6 Å². The fourth-order valence-corrected chi connectivity index (χ4v) is 2.74. The average molecular weight is 309 g/mol. The Bertz CT molecular complexity index is 722. The first-order chi connectivity index (χ1) is 9.81. The van der Waals surface area contributed by atoms with Crippen LogP contribution in [0.25, 0.3) is 16.7 Å². The zero-order valence-electron chi connectivity index (χ0n) is 10.9. The molecule has 0 amide bonds. The zero-order valence-corrected chi connectivity index (χ0v) is 12.4. The molecule has 0 bridgehead atoms. The van der Waals surface area contributed by atoms with Crippen molar-refractivity contribution in [1.82, 2.24) is 29.1 Å². The van der Waals surface area contributed by atoms with Crippen molar-refractivity contribution in [3.8, 4) is 5.69 Å². The molecule has 0 spiro atoms. The molecule has 2 heterocycles. The molecule has 20 heavy (non-hydrogen) atoms. The average Bonchev–Trinajstić information content (AvgIpc) is 3.08. The predicted octanol–water partition coefficient (Wildman–Crippen LogP) is 2.42. The van der Waals surface area contributed by atoms with Gasteiger partial charge in [-0.15, -0.1) is 5.10 Å². The summed E-state index contributed by atoms with van der Waals surface area (Å²) in [7, 11) is 0. The number of halogens is 1. The Hall–Kier alpha value is -1.57. The van der Waals surface area contributed by atoms with Gasteiger partial charge in [0.2, 0.25) is 0 Å². The Morgan fingerprint density at radius 2 is 2.25 bits per heavy atom. The molecule has 2 aromatic heterocycles.